The van der Waals surface area contributed by atoms with E-state index in [-0.39, 0.29) is 11.9 Å². The smallest absolute Gasteiger partial charge is 0.319 e. The Morgan fingerprint density at radius 3 is 2.92 bits per heavy atom. The van der Waals surface area contributed by atoms with Crippen molar-refractivity contribution in [3.8, 4) is 0 Å². The Morgan fingerprint density at radius 1 is 1.29 bits per heavy atom. The van der Waals surface area contributed by atoms with E-state index in [1.54, 1.807) is 30.7 Å². The van der Waals surface area contributed by atoms with Crippen LogP contribution in [-0.4, -0.2) is 41.5 Å². The molecule has 0 saturated carbocycles. The van der Waals surface area contributed by atoms with Crippen LogP contribution in [-0.2, 0) is 11.3 Å². The lowest BCUT2D eigenvalue weighted by Gasteiger charge is -2.27. The minimum atomic E-state index is -0.314. The van der Waals surface area contributed by atoms with Crippen LogP contribution in [0.5, 0.6) is 0 Å². The minimum absolute atomic E-state index is 0.0139. The first kappa shape index (κ1) is 15.7. The van der Waals surface area contributed by atoms with Crippen molar-refractivity contribution in [3.05, 3.63) is 48.4 Å². The van der Waals surface area contributed by atoms with E-state index in [1.165, 1.54) is 0 Å². The second kappa shape index (κ2) is 7.40. The van der Waals surface area contributed by atoms with Gasteiger partial charge in [0.2, 0.25) is 5.91 Å². The quantitative estimate of drug-likeness (QED) is 0.769. The number of aromatic nitrogens is 2. The SMILES string of the molecule is O=C1CN(c2ccc(NC(=O)NCc3cccnc3)cn2)CCN1. The number of rotatable bonds is 4. The summed E-state index contributed by atoms with van der Waals surface area (Å²) in [5.74, 6) is 0.700. The van der Waals surface area contributed by atoms with Crippen LogP contribution >= 0.6 is 0 Å². The summed E-state index contributed by atoms with van der Waals surface area (Å²) in [7, 11) is 0. The zero-order chi connectivity index (χ0) is 16.8. The summed E-state index contributed by atoms with van der Waals surface area (Å²) in [6.45, 7) is 2.02. The van der Waals surface area contributed by atoms with Crippen LogP contribution in [0.25, 0.3) is 0 Å². The first-order chi connectivity index (χ1) is 11.7. The standard InChI is InChI=1S/C16H18N6O2/c23-15-11-22(7-6-18-15)14-4-3-13(10-19-14)21-16(24)20-9-12-2-1-5-17-8-12/h1-5,8,10H,6-7,9,11H2,(H,18,23)(H2,20,21,24). The monoisotopic (exact) mass is 326 g/mol. The van der Waals surface area contributed by atoms with Gasteiger partial charge in [-0.1, -0.05) is 6.07 Å². The van der Waals surface area contributed by atoms with Gasteiger partial charge < -0.3 is 20.9 Å². The van der Waals surface area contributed by atoms with Gasteiger partial charge in [0.25, 0.3) is 0 Å². The molecule has 1 aliphatic heterocycles. The highest BCUT2D eigenvalue weighted by Crippen LogP contribution is 2.14. The molecule has 8 nitrogen and oxygen atoms in total. The van der Waals surface area contributed by atoms with Crippen molar-refractivity contribution < 1.29 is 9.59 Å². The second-order valence-electron chi connectivity index (χ2n) is 5.35. The summed E-state index contributed by atoms with van der Waals surface area (Å²) in [5, 5.41) is 8.24. The molecule has 2 aromatic rings. The molecule has 0 radical (unpaired) electrons. The van der Waals surface area contributed by atoms with E-state index in [9.17, 15) is 9.59 Å². The molecule has 0 unspecified atom stereocenters. The van der Waals surface area contributed by atoms with Gasteiger partial charge in [0.05, 0.1) is 18.4 Å². The molecular formula is C16H18N6O2. The van der Waals surface area contributed by atoms with Crippen molar-refractivity contribution in [3.63, 3.8) is 0 Å². The minimum Gasteiger partial charge on any atom is -0.353 e. The van der Waals surface area contributed by atoms with Crippen molar-refractivity contribution in [2.75, 3.05) is 29.9 Å². The fraction of sp³-hybridized carbons (Fsp3) is 0.250. The Balaban J connectivity index is 1.52. The Labute approximate surface area is 139 Å². The van der Waals surface area contributed by atoms with Crippen LogP contribution < -0.4 is 20.9 Å². The molecule has 0 aliphatic carbocycles. The van der Waals surface area contributed by atoms with Crippen molar-refractivity contribution >= 4 is 23.4 Å². The fourth-order valence-electron chi connectivity index (χ4n) is 2.34. The van der Waals surface area contributed by atoms with Crippen LogP contribution in [0.4, 0.5) is 16.3 Å². The average Bonchev–Trinajstić information content (AvgIpc) is 2.61. The molecule has 3 N–H and O–H groups in total. The van der Waals surface area contributed by atoms with E-state index < -0.39 is 0 Å². The van der Waals surface area contributed by atoms with Crippen LogP contribution in [0.1, 0.15) is 5.56 Å². The molecule has 0 bridgehead atoms. The van der Waals surface area contributed by atoms with Crippen LogP contribution in [0.2, 0.25) is 0 Å². The van der Waals surface area contributed by atoms with Gasteiger partial charge in [0.15, 0.2) is 0 Å². The normalized spacial score (nSPS) is 14.0. The molecule has 0 atom stereocenters. The zero-order valence-electron chi connectivity index (χ0n) is 13.0. The fourth-order valence-corrected chi connectivity index (χ4v) is 2.34. The summed E-state index contributed by atoms with van der Waals surface area (Å²) in [6.07, 6.45) is 4.96. The van der Waals surface area contributed by atoms with Crippen molar-refractivity contribution in [2.24, 2.45) is 0 Å². The van der Waals surface area contributed by atoms with Gasteiger partial charge in [-0.2, -0.15) is 0 Å². The van der Waals surface area contributed by atoms with Gasteiger partial charge >= 0.3 is 6.03 Å². The molecule has 1 fully saturated rings. The number of amides is 3. The third kappa shape index (κ3) is 4.19. The maximum atomic E-state index is 11.9. The molecule has 3 rings (SSSR count). The lowest BCUT2D eigenvalue weighted by atomic mass is 10.3. The van der Waals surface area contributed by atoms with Gasteiger partial charge in [0, 0.05) is 32.0 Å². The molecule has 2 aromatic heterocycles. The molecule has 0 spiro atoms. The highest BCUT2D eigenvalue weighted by molar-refractivity contribution is 5.89. The van der Waals surface area contributed by atoms with Crippen LogP contribution in [0.15, 0.2) is 42.9 Å². The molecule has 1 aliphatic rings. The lowest BCUT2D eigenvalue weighted by Crippen LogP contribution is -2.48. The number of nitrogens with zero attached hydrogens (tertiary/aromatic N) is 3. The number of carbonyl (C=O) groups excluding carboxylic acids is 2. The molecule has 124 valence electrons. The van der Waals surface area contributed by atoms with Gasteiger partial charge in [0.1, 0.15) is 5.82 Å². The summed E-state index contributed by atoms with van der Waals surface area (Å²) in [6, 6.07) is 6.94. The number of anilines is 2. The number of urea groups is 1. The lowest BCUT2D eigenvalue weighted by molar-refractivity contribution is -0.120. The molecule has 24 heavy (non-hydrogen) atoms. The van der Waals surface area contributed by atoms with Gasteiger partial charge in [-0.15, -0.1) is 0 Å². The third-order valence-corrected chi connectivity index (χ3v) is 3.54. The predicted octanol–water partition coefficient (Wildman–Crippen LogP) is 0.734. The number of hydrogen-bond donors (Lipinski definition) is 3. The van der Waals surface area contributed by atoms with Gasteiger partial charge in [-0.25, -0.2) is 9.78 Å². The summed E-state index contributed by atoms with van der Waals surface area (Å²) in [4.78, 5) is 33.5. The third-order valence-electron chi connectivity index (χ3n) is 3.54. The number of piperazine rings is 1. The maximum Gasteiger partial charge on any atom is 0.319 e. The number of hydrogen-bond acceptors (Lipinski definition) is 5. The highest BCUT2D eigenvalue weighted by Gasteiger charge is 2.17. The van der Waals surface area contributed by atoms with Crippen LogP contribution in [0.3, 0.4) is 0 Å². The Hall–Kier alpha value is -3.16. The van der Waals surface area contributed by atoms with Gasteiger partial charge in [-0.3, -0.25) is 9.78 Å². The van der Waals surface area contributed by atoms with Crippen molar-refractivity contribution in [1.29, 1.82) is 0 Å². The topological polar surface area (TPSA) is 99.3 Å². The van der Waals surface area contributed by atoms with Crippen molar-refractivity contribution in [2.45, 2.75) is 6.54 Å². The maximum absolute atomic E-state index is 11.9. The summed E-state index contributed by atoms with van der Waals surface area (Å²) < 4.78 is 0. The first-order valence-electron chi connectivity index (χ1n) is 7.62. The molecule has 1 saturated heterocycles. The molecular weight excluding hydrogens is 308 g/mol. The van der Waals surface area contributed by atoms with E-state index in [2.05, 4.69) is 25.9 Å². The first-order valence-corrected chi connectivity index (χ1v) is 7.62. The number of nitrogens with one attached hydrogen (secondary N) is 3. The Bertz CT molecular complexity index is 704. The molecule has 8 heteroatoms. The van der Waals surface area contributed by atoms with Gasteiger partial charge in [-0.05, 0) is 23.8 Å². The van der Waals surface area contributed by atoms with E-state index in [0.717, 1.165) is 12.1 Å². The van der Waals surface area contributed by atoms with Crippen molar-refractivity contribution in [1.82, 2.24) is 20.6 Å². The Morgan fingerprint density at radius 2 is 2.21 bits per heavy atom. The Kier molecular flexibility index (Phi) is 4.85. The van der Waals surface area contributed by atoms with E-state index in [1.807, 2.05) is 17.0 Å². The summed E-state index contributed by atoms with van der Waals surface area (Å²) >= 11 is 0. The average molecular weight is 326 g/mol. The number of carbonyl (C=O) groups is 2. The van der Waals surface area contributed by atoms with E-state index in [4.69, 9.17) is 0 Å². The predicted molar refractivity (Wildman–Crippen MR) is 89.6 cm³/mol. The highest BCUT2D eigenvalue weighted by atomic mass is 16.2. The zero-order valence-corrected chi connectivity index (χ0v) is 13.0. The largest absolute Gasteiger partial charge is 0.353 e. The number of pyridine rings is 2. The van der Waals surface area contributed by atoms with E-state index in [0.29, 0.717) is 31.1 Å². The second-order valence-corrected chi connectivity index (χ2v) is 5.35. The summed E-state index contributed by atoms with van der Waals surface area (Å²) in [5.41, 5.74) is 1.51. The molecule has 3 amide bonds. The molecule has 0 aromatic carbocycles. The van der Waals surface area contributed by atoms with Crippen LogP contribution in [0, 0.1) is 0 Å². The van der Waals surface area contributed by atoms with E-state index >= 15 is 0 Å². The molecule has 3 heterocycles.